The molecule has 1 atom stereocenters. The van der Waals surface area contributed by atoms with Gasteiger partial charge in [-0.25, -0.2) is 0 Å². The summed E-state index contributed by atoms with van der Waals surface area (Å²) in [5, 5.41) is 0.580. The standard InChI is InChI=1S/C11H17NS.ClH/c1-2-13-11(8-9-12)10-6-4-3-5-7-10;/h3-7,11H,2,8-9,12H2,1H3;1H. The van der Waals surface area contributed by atoms with E-state index in [9.17, 15) is 0 Å². The van der Waals surface area contributed by atoms with Gasteiger partial charge in [-0.2, -0.15) is 11.8 Å². The minimum atomic E-state index is 0. The summed E-state index contributed by atoms with van der Waals surface area (Å²) in [7, 11) is 0. The Labute approximate surface area is 96.9 Å². The normalized spacial score (nSPS) is 11.9. The van der Waals surface area contributed by atoms with Crippen molar-refractivity contribution in [1.29, 1.82) is 0 Å². The Bertz CT molecular complexity index is 222. The number of benzene rings is 1. The van der Waals surface area contributed by atoms with Crippen LogP contribution in [0.25, 0.3) is 0 Å². The molecule has 80 valence electrons. The van der Waals surface area contributed by atoms with Gasteiger partial charge >= 0.3 is 0 Å². The third-order valence-electron chi connectivity index (χ3n) is 1.97. The zero-order chi connectivity index (χ0) is 9.52. The Kier molecular flexibility index (Phi) is 8.05. The molecule has 1 rings (SSSR count). The molecule has 1 unspecified atom stereocenters. The van der Waals surface area contributed by atoms with Gasteiger partial charge < -0.3 is 5.73 Å². The van der Waals surface area contributed by atoms with Crippen molar-refractivity contribution in [3.05, 3.63) is 35.9 Å². The van der Waals surface area contributed by atoms with Crippen molar-refractivity contribution < 1.29 is 0 Å². The summed E-state index contributed by atoms with van der Waals surface area (Å²) in [6.07, 6.45) is 1.07. The largest absolute Gasteiger partial charge is 0.330 e. The van der Waals surface area contributed by atoms with Gasteiger partial charge in [0.1, 0.15) is 0 Å². The molecule has 0 amide bonds. The van der Waals surface area contributed by atoms with E-state index in [0.29, 0.717) is 5.25 Å². The zero-order valence-corrected chi connectivity index (χ0v) is 10.1. The van der Waals surface area contributed by atoms with Crippen molar-refractivity contribution in [2.45, 2.75) is 18.6 Å². The third-order valence-corrected chi connectivity index (χ3v) is 3.21. The lowest BCUT2D eigenvalue weighted by molar-refractivity contribution is 0.814. The molecule has 14 heavy (non-hydrogen) atoms. The van der Waals surface area contributed by atoms with E-state index in [1.54, 1.807) is 0 Å². The first-order valence-corrected chi connectivity index (χ1v) is 5.80. The van der Waals surface area contributed by atoms with Gasteiger partial charge in [-0.3, -0.25) is 0 Å². The van der Waals surface area contributed by atoms with Crippen LogP contribution >= 0.6 is 24.2 Å². The van der Waals surface area contributed by atoms with Crippen LogP contribution in [0.1, 0.15) is 24.2 Å². The highest BCUT2D eigenvalue weighted by atomic mass is 35.5. The second-order valence-electron chi connectivity index (χ2n) is 2.93. The van der Waals surface area contributed by atoms with E-state index < -0.39 is 0 Å². The van der Waals surface area contributed by atoms with E-state index in [-0.39, 0.29) is 12.4 Å². The summed E-state index contributed by atoms with van der Waals surface area (Å²) in [6.45, 7) is 2.96. The summed E-state index contributed by atoms with van der Waals surface area (Å²) in [5.41, 5.74) is 6.99. The predicted molar refractivity (Wildman–Crippen MR) is 68.2 cm³/mol. The molecule has 0 fully saturated rings. The van der Waals surface area contributed by atoms with E-state index >= 15 is 0 Å². The number of nitrogens with two attached hydrogens (primary N) is 1. The lowest BCUT2D eigenvalue weighted by Crippen LogP contribution is -2.05. The van der Waals surface area contributed by atoms with Gasteiger partial charge in [0, 0.05) is 5.25 Å². The smallest absolute Gasteiger partial charge is 0.0309 e. The number of thioether (sulfide) groups is 1. The molecule has 0 bridgehead atoms. The SMILES string of the molecule is CCSC(CCN)c1ccccc1.Cl. The van der Waals surface area contributed by atoms with Crippen LogP contribution in [0.2, 0.25) is 0 Å². The van der Waals surface area contributed by atoms with Crippen molar-refractivity contribution in [1.82, 2.24) is 0 Å². The lowest BCUT2D eigenvalue weighted by Gasteiger charge is -2.14. The molecule has 1 nitrogen and oxygen atoms in total. The van der Waals surface area contributed by atoms with Gasteiger partial charge in [0.25, 0.3) is 0 Å². The molecule has 1 aromatic carbocycles. The highest BCUT2D eigenvalue weighted by molar-refractivity contribution is 7.99. The summed E-state index contributed by atoms with van der Waals surface area (Å²) in [4.78, 5) is 0. The quantitative estimate of drug-likeness (QED) is 0.842. The Morgan fingerprint density at radius 2 is 1.93 bits per heavy atom. The zero-order valence-electron chi connectivity index (χ0n) is 8.48. The molecule has 0 aromatic heterocycles. The Hall–Kier alpha value is -0.180. The van der Waals surface area contributed by atoms with Crippen LogP contribution in [0.15, 0.2) is 30.3 Å². The van der Waals surface area contributed by atoms with Crippen molar-refractivity contribution in [3.63, 3.8) is 0 Å². The van der Waals surface area contributed by atoms with Crippen LogP contribution in [-0.4, -0.2) is 12.3 Å². The van der Waals surface area contributed by atoms with Crippen LogP contribution in [-0.2, 0) is 0 Å². The van der Waals surface area contributed by atoms with Gasteiger partial charge in [0.2, 0.25) is 0 Å². The average Bonchev–Trinajstić information content (AvgIpc) is 2.19. The molecule has 0 aliphatic heterocycles. The van der Waals surface area contributed by atoms with Crippen molar-refractivity contribution in [3.8, 4) is 0 Å². The molecule has 1 aromatic rings. The molecular weight excluding hydrogens is 214 g/mol. The summed E-state index contributed by atoms with van der Waals surface area (Å²) < 4.78 is 0. The number of halogens is 1. The van der Waals surface area contributed by atoms with Crippen LogP contribution in [0.3, 0.4) is 0 Å². The van der Waals surface area contributed by atoms with Gasteiger partial charge in [-0.05, 0) is 24.3 Å². The minimum absolute atomic E-state index is 0. The van der Waals surface area contributed by atoms with Crippen LogP contribution in [0, 0.1) is 0 Å². The molecule has 0 heterocycles. The summed E-state index contributed by atoms with van der Waals surface area (Å²) in [6, 6.07) is 10.6. The first kappa shape index (κ1) is 13.8. The minimum Gasteiger partial charge on any atom is -0.330 e. The van der Waals surface area contributed by atoms with Crippen molar-refractivity contribution >= 4 is 24.2 Å². The van der Waals surface area contributed by atoms with E-state index in [1.807, 2.05) is 11.8 Å². The van der Waals surface area contributed by atoms with E-state index in [4.69, 9.17) is 5.73 Å². The van der Waals surface area contributed by atoms with E-state index in [0.717, 1.165) is 18.7 Å². The average molecular weight is 232 g/mol. The molecule has 0 saturated heterocycles. The molecule has 0 aliphatic carbocycles. The first-order valence-electron chi connectivity index (χ1n) is 4.75. The Morgan fingerprint density at radius 3 is 2.43 bits per heavy atom. The first-order chi connectivity index (χ1) is 6.38. The highest BCUT2D eigenvalue weighted by Gasteiger charge is 2.08. The third kappa shape index (κ3) is 4.36. The Morgan fingerprint density at radius 1 is 1.29 bits per heavy atom. The summed E-state index contributed by atoms with van der Waals surface area (Å²) in [5.74, 6) is 1.15. The molecule has 2 N–H and O–H groups in total. The van der Waals surface area contributed by atoms with E-state index in [1.165, 1.54) is 5.56 Å². The molecule has 0 spiro atoms. The second-order valence-corrected chi connectivity index (χ2v) is 4.41. The fourth-order valence-electron chi connectivity index (χ4n) is 1.37. The van der Waals surface area contributed by atoms with Gasteiger partial charge in [-0.1, -0.05) is 37.3 Å². The van der Waals surface area contributed by atoms with E-state index in [2.05, 4.69) is 37.3 Å². The maximum absolute atomic E-state index is 5.58. The molecule has 0 radical (unpaired) electrons. The number of rotatable bonds is 5. The van der Waals surface area contributed by atoms with Gasteiger partial charge in [0.05, 0.1) is 0 Å². The van der Waals surface area contributed by atoms with Crippen molar-refractivity contribution in [2.75, 3.05) is 12.3 Å². The molecule has 0 aliphatic rings. The van der Waals surface area contributed by atoms with Crippen LogP contribution in [0.5, 0.6) is 0 Å². The molecular formula is C11H18ClNS. The Balaban J connectivity index is 0.00000169. The monoisotopic (exact) mass is 231 g/mol. The number of hydrogen-bond donors (Lipinski definition) is 1. The van der Waals surface area contributed by atoms with Crippen molar-refractivity contribution in [2.24, 2.45) is 5.73 Å². The maximum atomic E-state index is 5.58. The second kappa shape index (κ2) is 8.16. The van der Waals surface area contributed by atoms with Crippen LogP contribution in [0.4, 0.5) is 0 Å². The molecule has 0 saturated carbocycles. The van der Waals surface area contributed by atoms with Crippen LogP contribution < -0.4 is 5.73 Å². The predicted octanol–water partition coefficient (Wildman–Crippen LogP) is 3.25. The summed E-state index contributed by atoms with van der Waals surface area (Å²) >= 11 is 1.97. The fraction of sp³-hybridized carbons (Fsp3) is 0.455. The molecule has 3 heteroatoms. The highest BCUT2D eigenvalue weighted by Crippen LogP contribution is 2.30. The van der Waals surface area contributed by atoms with Gasteiger partial charge in [0.15, 0.2) is 0 Å². The maximum Gasteiger partial charge on any atom is 0.0309 e. The fourth-order valence-corrected chi connectivity index (χ4v) is 2.42. The number of hydrogen-bond acceptors (Lipinski definition) is 2. The topological polar surface area (TPSA) is 26.0 Å². The van der Waals surface area contributed by atoms with Gasteiger partial charge in [-0.15, -0.1) is 12.4 Å². The lowest BCUT2D eigenvalue weighted by atomic mass is 10.1.